The highest BCUT2D eigenvalue weighted by atomic mass is 16.7. The Labute approximate surface area is 115 Å². The molecular formula is C14H22BNO3. The van der Waals surface area contributed by atoms with Crippen LogP contribution in [0.4, 0.5) is 0 Å². The molecule has 0 radical (unpaired) electrons. The van der Waals surface area contributed by atoms with Gasteiger partial charge in [-0.3, -0.25) is 4.98 Å². The fraction of sp³-hybridized carbons (Fsp3) is 0.643. The maximum Gasteiger partial charge on any atom is 0.496 e. The van der Waals surface area contributed by atoms with Crippen molar-refractivity contribution in [1.82, 2.24) is 4.98 Å². The quantitative estimate of drug-likeness (QED) is 0.652. The third kappa shape index (κ3) is 2.68. The molecule has 2 rings (SSSR count). The van der Waals surface area contributed by atoms with Crippen molar-refractivity contribution in [3.05, 3.63) is 24.0 Å². The van der Waals surface area contributed by atoms with Crippen LogP contribution in [0.5, 0.6) is 0 Å². The maximum atomic E-state index is 9.89. The van der Waals surface area contributed by atoms with Crippen molar-refractivity contribution >= 4 is 12.6 Å². The fourth-order valence-electron chi connectivity index (χ4n) is 1.89. The van der Waals surface area contributed by atoms with Crippen molar-refractivity contribution in [2.24, 2.45) is 0 Å². The zero-order valence-electron chi connectivity index (χ0n) is 12.5. The lowest BCUT2D eigenvalue weighted by molar-refractivity contribution is 0.00578. The minimum atomic E-state index is -0.936. The molecule has 2 heterocycles. The molecule has 1 saturated heterocycles. The summed E-state index contributed by atoms with van der Waals surface area (Å²) in [6.45, 7) is 11.5. The second-order valence-corrected chi connectivity index (χ2v) is 6.62. The van der Waals surface area contributed by atoms with Gasteiger partial charge >= 0.3 is 7.12 Å². The first kappa shape index (κ1) is 14.5. The average molecular weight is 266 g/mol. The van der Waals surface area contributed by atoms with Crippen LogP contribution in [0.1, 0.15) is 47.2 Å². The SMILES string of the molecule is CC1(C)OB(c2ccc([13C]([13CH3])([13CH3])O)nc2)OC1(C)C. The number of hydrogen-bond acceptors (Lipinski definition) is 4. The second kappa shape index (κ2) is 4.30. The van der Waals surface area contributed by atoms with Crippen molar-refractivity contribution in [2.45, 2.75) is 58.3 Å². The molecule has 1 aliphatic heterocycles. The van der Waals surface area contributed by atoms with Gasteiger partial charge in [0.25, 0.3) is 0 Å². The van der Waals surface area contributed by atoms with Gasteiger partial charge < -0.3 is 14.4 Å². The van der Waals surface area contributed by atoms with E-state index in [1.807, 2.05) is 33.8 Å². The summed E-state index contributed by atoms with van der Waals surface area (Å²) in [6.07, 6.45) is 1.70. The molecule has 5 heteroatoms. The molecule has 19 heavy (non-hydrogen) atoms. The topological polar surface area (TPSA) is 51.6 Å². The van der Waals surface area contributed by atoms with E-state index < -0.39 is 12.7 Å². The van der Waals surface area contributed by atoms with E-state index in [-0.39, 0.29) is 11.2 Å². The van der Waals surface area contributed by atoms with Crippen molar-refractivity contribution in [3.8, 4) is 0 Å². The van der Waals surface area contributed by atoms with Gasteiger partial charge in [0.15, 0.2) is 0 Å². The Hall–Kier alpha value is -0.905. The van der Waals surface area contributed by atoms with Crippen molar-refractivity contribution in [2.75, 3.05) is 0 Å². The van der Waals surface area contributed by atoms with Crippen LogP contribution in [-0.4, -0.2) is 28.4 Å². The van der Waals surface area contributed by atoms with Gasteiger partial charge in [0.05, 0.1) is 16.9 Å². The molecule has 1 N–H and O–H groups in total. The molecule has 1 aromatic rings. The van der Waals surface area contributed by atoms with Crippen LogP contribution < -0.4 is 5.46 Å². The van der Waals surface area contributed by atoms with Crippen LogP contribution in [0, 0.1) is 0 Å². The predicted octanol–water partition coefficient (Wildman–Crippen LogP) is 1.61. The van der Waals surface area contributed by atoms with Gasteiger partial charge in [0.1, 0.15) is 5.60 Å². The first-order valence-electron chi connectivity index (χ1n) is 6.57. The van der Waals surface area contributed by atoms with Crippen LogP contribution in [0.3, 0.4) is 0 Å². The first-order chi connectivity index (χ1) is 8.53. The zero-order valence-corrected chi connectivity index (χ0v) is 12.5. The van der Waals surface area contributed by atoms with Crippen LogP contribution in [0.2, 0.25) is 0 Å². The molecule has 0 amide bonds. The summed E-state index contributed by atoms with van der Waals surface area (Å²) in [5.41, 5.74) is -0.146. The zero-order chi connectivity index (χ0) is 14.5. The molecule has 0 saturated carbocycles. The Balaban J connectivity index is 2.22. The molecule has 0 unspecified atom stereocenters. The molecule has 1 fully saturated rings. The normalized spacial score (nSPS) is 21.7. The second-order valence-electron chi connectivity index (χ2n) is 6.62. The molecule has 1 aromatic heterocycles. The van der Waals surface area contributed by atoms with Gasteiger partial charge in [0.2, 0.25) is 0 Å². The molecule has 104 valence electrons. The number of aliphatic hydroxyl groups is 1. The van der Waals surface area contributed by atoms with Gasteiger partial charge in [-0.05, 0) is 47.6 Å². The van der Waals surface area contributed by atoms with Gasteiger partial charge in [-0.2, -0.15) is 0 Å². The largest absolute Gasteiger partial charge is 0.496 e. The highest BCUT2D eigenvalue weighted by Gasteiger charge is 2.51. The first-order valence-corrected chi connectivity index (χ1v) is 6.57. The van der Waals surface area contributed by atoms with E-state index in [4.69, 9.17) is 9.31 Å². The summed E-state index contributed by atoms with van der Waals surface area (Å²) in [4.78, 5) is 4.28. The van der Waals surface area contributed by atoms with Gasteiger partial charge in [-0.1, -0.05) is 6.07 Å². The predicted molar refractivity (Wildman–Crippen MR) is 75.2 cm³/mol. The number of hydrogen-bond donors (Lipinski definition) is 1. The summed E-state index contributed by atoms with van der Waals surface area (Å²) in [6, 6.07) is 3.70. The monoisotopic (exact) mass is 266 g/mol. The summed E-state index contributed by atoms with van der Waals surface area (Å²) in [7, 11) is -0.409. The number of nitrogens with zero attached hydrogens (tertiary/aromatic N) is 1. The highest BCUT2D eigenvalue weighted by Crippen LogP contribution is 2.36. The van der Waals surface area contributed by atoms with Crippen molar-refractivity contribution in [1.29, 1.82) is 0 Å². The smallest absolute Gasteiger partial charge is 0.399 e. The Bertz CT molecular complexity index is 447. The third-order valence-electron chi connectivity index (χ3n) is 3.94. The van der Waals surface area contributed by atoms with Crippen LogP contribution in [0.25, 0.3) is 0 Å². The number of rotatable bonds is 2. The Morgan fingerprint density at radius 1 is 1.11 bits per heavy atom. The van der Waals surface area contributed by atoms with E-state index in [1.54, 1.807) is 26.1 Å². The van der Waals surface area contributed by atoms with Crippen LogP contribution >= 0.6 is 0 Å². The van der Waals surface area contributed by atoms with Crippen molar-refractivity contribution < 1.29 is 14.4 Å². The van der Waals surface area contributed by atoms with Crippen LogP contribution in [-0.2, 0) is 14.9 Å². The summed E-state index contributed by atoms with van der Waals surface area (Å²) in [5.74, 6) is 0. The van der Waals surface area contributed by atoms with Crippen LogP contribution in [0.15, 0.2) is 18.3 Å². The molecule has 4 nitrogen and oxygen atoms in total. The summed E-state index contributed by atoms with van der Waals surface area (Å²) in [5, 5.41) is 9.89. The Kier molecular flexibility index (Phi) is 3.28. The van der Waals surface area contributed by atoms with Gasteiger partial charge in [0, 0.05) is 11.7 Å². The van der Waals surface area contributed by atoms with E-state index in [1.165, 1.54) is 0 Å². The average Bonchev–Trinajstić information content (AvgIpc) is 2.47. The highest BCUT2D eigenvalue weighted by molar-refractivity contribution is 6.62. The van der Waals surface area contributed by atoms with E-state index >= 15 is 0 Å². The molecule has 0 spiro atoms. The van der Waals surface area contributed by atoms with Crippen molar-refractivity contribution in [3.63, 3.8) is 0 Å². The minimum Gasteiger partial charge on any atom is -0.399 e. The molecule has 0 bridgehead atoms. The molecule has 0 aliphatic carbocycles. The molecule has 1 aliphatic rings. The Morgan fingerprint density at radius 2 is 1.63 bits per heavy atom. The lowest BCUT2D eigenvalue weighted by Crippen LogP contribution is -2.41. The van der Waals surface area contributed by atoms with E-state index in [9.17, 15) is 5.11 Å². The van der Waals surface area contributed by atoms with Gasteiger partial charge in [-0.25, -0.2) is 0 Å². The molecule has 0 aromatic carbocycles. The third-order valence-corrected chi connectivity index (χ3v) is 3.94. The Morgan fingerprint density at radius 3 is 2.00 bits per heavy atom. The number of pyridine rings is 1. The summed E-state index contributed by atoms with van der Waals surface area (Å²) < 4.78 is 11.9. The lowest BCUT2D eigenvalue weighted by Gasteiger charge is -2.32. The van der Waals surface area contributed by atoms with E-state index in [2.05, 4.69) is 4.98 Å². The number of aromatic nitrogens is 1. The molecule has 0 atom stereocenters. The minimum absolute atomic E-state index is 0.355. The fourth-order valence-corrected chi connectivity index (χ4v) is 1.89. The van der Waals surface area contributed by atoms with E-state index in [0.29, 0.717) is 5.69 Å². The lowest BCUT2D eigenvalue weighted by atomic mass is 9.80. The summed E-state index contributed by atoms with van der Waals surface area (Å²) >= 11 is 0. The van der Waals surface area contributed by atoms with Gasteiger partial charge in [-0.15, -0.1) is 0 Å². The standard InChI is InChI=1S/C14H22BNO3/c1-12(2,17)11-8-7-10(9-16-11)15-18-13(3,4)14(5,6)19-15/h7-9,17H,1-6H3/i1+1,2+1,12+1. The van der Waals surface area contributed by atoms with E-state index in [0.717, 1.165) is 5.46 Å². The maximum absolute atomic E-state index is 9.89. The molecular weight excluding hydrogens is 244 g/mol.